The molecule has 0 spiro atoms. The van der Waals surface area contributed by atoms with Crippen molar-refractivity contribution >= 4 is 16.9 Å². The number of aromatic nitrogens is 4. The molecular formula is C17H19N5. The summed E-state index contributed by atoms with van der Waals surface area (Å²) in [5.74, 6) is 0.870. The first-order valence-corrected chi connectivity index (χ1v) is 7.72. The molecule has 0 saturated carbocycles. The van der Waals surface area contributed by atoms with Gasteiger partial charge in [0.1, 0.15) is 17.4 Å². The van der Waals surface area contributed by atoms with Crippen LogP contribution in [-0.4, -0.2) is 19.7 Å². The van der Waals surface area contributed by atoms with Crippen LogP contribution in [0.2, 0.25) is 0 Å². The summed E-state index contributed by atoms with van der Waals surface area (Å²) >= 11 is 0. The SMILES string of the molecule is Cc1nn(C)c2c(N[C@@H]3CCCc4ccccc43)ncnc12. The summed E-state index contributed by atoms with van der Waals surface area (Å²) in [5, 5.41) is 8.08. The van der Waals surface area contributed by atoms with E-state index in [0.29, 0.717) is 6.04 Å². The third kappa shape index (κ3) is 2.04. The molecule has 0 amide bonds. The highest BCUT2D eigenvalue weighted by atomic mass is 15.3. The van der Waals surface area contributed by atoms with Crippen molar-refractivity contribution in [2.45, 2.75) is 32.2 Å². The molecule has 0 aliphatic heterocycles. The third-order valence-electron chi connectivity index (χ3n) is 4.47. The average Bonchev–Trinajstić information content (AvgIpc) is 2.83. The maximum absolute atomic E-state index is 4.47. The first kappa shape index (κ1) is 13.2. The molecule has 1 atom stereocenters. The Bertz CT molecular complexity index is 836. The van der Waals surface area contributed by atoms with E-state index in [0.717, 1.165) is 29.0 Å². The Balaban J connectivity index is 1.76. The lowest BCUT2D eigenvalue weighted by Crippen LogP contribution is -2.18. The maximum Gasteiger partial charge on any atom is 0.156 e. The van der Waals surface area contributed by atoms with E-state index in [1.807, 2.05) is 18.7 Å². The van der Waals surface area contributed by atoms with Gasteiger partial charge in [-0.15, -0.1) is 0 Å². The van der Waals surface area contributed by atoms with Gasteiger partial charge in [-0.3, -0.25) is 4.68 Å². The summed E-state index contributed by atoms with van der Waals surface area (Å²) in [6.07, 6.45) is 5.11. The molecule has 0 fully saturated rings. The van der Waals surface area contributed by atoms with Gasteiger partial charge in [-0.1, -0.05) is 24.3 Å². The van der Waals surface area contributed by atoms with Gasteiger partial charge in [0.15, 0.2) is 5.82 Å². The van der Waals surface area contributed by atoms with Crippen LogP contribution in [0.5, 0.6) is 0 Å². The van der Waals surface area contributed by atoms with E-state index in [4.69, 9.17) is 0 Å². The van der Waals surface area contributed by atoms with Gasteiger partial charge in [0.2, 0.25) is 0 Å². The number of aryl methyl sites for hydroxylation is 3. The van der Waals surface area contributed by atoms with Crippen LogP contribution in [0.3, 0.4) is 0 Å². The Labute approximate surface area is 129 Å². The molecule has 112 valence electrons. The highest BCUT2D eigenvalue weighted by Crippen LogP contribution is 2.33. The lowest BCUT2D eigenvalue weighted by atomic mass is 9.88. The molecule has 5 heteroatoms. The molecule has 3 aromatic rings. The first-order valence-electron chi connectivity index (χ1n) is 7.72. The van der Waals surface area contributed by atoms with Crippen LogP contribution in [0.25, 0.3) is 11.0 Å². The molecule has 0 radical (unpaired) electrons. The van der Waals surface area contributed by atoms with Crippen molar-refractivity contribution < 1.29 is 0 Å². The number of nitrogens with zero attached hydrogens (tertiary/aromatic N) is 4. The third-order valence-corrected chi connectivity index (χ3v) is 4.47. The number of rotatable bonds is 2. The van der Waals surface area contributed by atoms with Crippen LogP contribution in [0.1, 0.15) is 35.7 Å². The van der Waals surface area contributed by atoms with Crippen molar-refractivity contribution in [3.63, 3.8) is 0 Å². The fourth-order valence-corrected chi connectivity index (χ4v) is 3.45. The molecular weight excluding hydrogens is 274 g/mol. The second kappa shape index (κ2) is 5.09. The number of hydrogen-bond acceptors (Lipinski definition) is 4. The topological polar surface area (TPSA) is 55.6 Å². The van der Waals surface area contributed by atoms with Crippen LogP contribution in [-0.2, 0) is 13.5 Å². The fourth-order valence-electron chi connectivity index (χ4n) is 3.45. The zero-order valence-corrected chi connectivity index (χ0v) is 12.9. The van der Waals surface area contributed by atoms with Crippen molar-refractivity contribution in [3.8, 4) is 0 Å². The lowest BCUT2D eigenvalue weighted by Gasteiger charge is -2.27. The Kier molecular flexibility index (Phi) is 3.06. The molecule has 1 aliphatic carbocycles. The van der Waals surface area contributed by atoms with E-state index in [1.54, 1.807) is 6.33 Å². The minimum absolute atomic E-state index is 0.304. The Morgan fingerprint density at radius 1 is 1.23 bits per heavy atom. The van der Waals surface area contributed by atoms with E-state index in [1.165, 1.54) is 24.0 Å². The quantitative estimate of drug-likeness (QED) is 0.788. The lowest BCUT2D eigenvalue weighted by molar-refractivity contribution is 0.598. The molecule has 22 heavy (non-hydrogen) atoms. The van der Waals surface area contributed by atoms with Gasteiger partial charge < -0.3 is 5.32 Å². The van der Waals surface area contributed by atoms with Gasteiger partial charge in [0.25, 0.3) is 0 Å². The molecule has 4 rings (SSSR count). The van der Waals surface area contributed by atoms with Gasteiger partial charge in [0, 0.05) is 7.05 Å². The Morgan fingerprint density at radius 3 is 3.00 bits per heavy atom. The number of nitrogens with one attached hydrogen (secondary N) is 1. The number of anilines is 1. The summed E-state index contributed by atoms with van der Waals surface area (Å²) in [6, 6.07) is 8.99. The number of benzene rings is 1. The molecule has 0 bridgehead atoms. The molecule has 1 aromatic carbocycles. The summed E-state index contributed by atoms with van der Waals surface area (Å²) in [5.41, 5.74) is 5.66. The summed E-state index contributed by atoms with van der Waals surface area (Å²) < 4.78 is 1.86. The van der Waals surface area contributed by atoms with Gasteiger partial charge in [-0.2, -0.15) is 5.10 Å². The van der Waals surface area contributed by atoms with Crippen molar-refractivity contribution in [2.24, 2.45) is 7.05 Å². The Morgan fingerprint density at radius 2 is 2.09 bits per heavy atom. The van der Waals surface area contributed by atoms with E-state index < -0.39 is 0 Å². The summed E-state index contributed by atoms with van der Waals surface area (Å²) in [6.45, 7) is 1.98. The first-order chi connectivity index (χ1) is 10.7. The second-order valence-electron chi connectivity index (χ2n) is 5.92. The minimum atomic E-state index is 0.304. The molecule has 5 nitrogen and oxygen atoms in total. The van der Waals surface area contributed by atoms with E-state index >= 15 is 0 Å². The van der Waals surface area contributed by atoms with Gasteiger partial charge in [-0.05, 0) is 37.3 Å². The van der Waals surface area contributed by atoms with Crippen molar-refractivity contribution in [1.29, 1.82) is 0 Å². The maximum atomic E-state index is 4.47. The van der Waals surface area contributed by atoms with Crippen LogP contribution in [0.4, 0.5) is 5.82 Å². The van der Waals surface area contributed by atoms with Crippen molar-refractivity contribution in [3.05, 3.63) is 47.4 Å². The molecule has 0 unspecified atom stereocenters. The number of hydrogen-bond donors (Lipinski definition) is 1. The van der Waals surface area contributed by atoms with Gasteiger partial charge in [0.05, 0.1) is 11.7 Å². The highest BCUT2D eigenvalue weighted by Gasteiger charge is 2.21. The molecule has 1 N–H and O–H groups in total. The largest absolute Gasteiger partial charge is 0.361 e. The Hall–Kier alpha value is -2.43. The smallest absolute Gasteiger partial charge is 0.156 e. The standard InChI is InChI=1S/C17H19N5/c1-11-15-16(22(2)21-11)17(19-10-18-15)20-14-9-5-7-12-6-3-4-8-13(12)14/h3-4,6,8,10,14H,5,7,9H2,1-2H3,(H,18,19,20)/t14-/m1/s1. The molecule has 2 aromatic heterocycles. The minimum Gasteiger partial charge on any atom is -0.361 e. The van der Waals surface area contributed by atoms with Crippen LogP contribution in [0.15, 0.2) is 30.6 Å². The molecule has 0 saturated heterocycles. The van der Waals surface area contributed by atoms with E-state index in [2.05, 4.69) is 44.6 Å². The van der Waals surface area contributed by atoms with Crippen LogP contribution < -0.4 is 5.32 Å². The monoisotopic (exact) mass is 293 g/mol. The summed E-state index contributed by atoms with van der Waals surface area (Å²) in [7, 11) is 1.94. The van der Waals surface area contributed by atoms with Gasteiger partial charge >= 0.3 is 0 Å². The predicted molar refractivity (Wildman–Crippen MR) is 86.8 cm³/mol. The zero-order chi connectivity index (χ0) is 15.1. The van der Waals surface area contributed by atoms with Crippen molar-refractivity contribution in [2.75, 3.05) is 5.32 Å². The second-order valence-corrected chi connectivity index (χ2v) is 5.92. The predicted octanol–water partition coefficient (Wildman–Crippen LogP) is 3.16. The van der Waals surface area contributed by atoms with Crippen LogP contribution >= 0.6 is 0 Å². The fraction of sp³-hybridized carbons (Fsp3) is 0.353. The van der Waals surface area contributed by atoms with E-state index in [-0.39, 0.29) is 0 Å². The van der Waals surface area contributed by atoms with Crippen LogP contribution in [0, 0.1) is 6.92 Å². The molecule has 2 heterocycles. The average molecular weight is 293 g/mol. The van der Waals surface area contributed by atoms with Crippen molar-refractivity contribution in [1.82, 2.24) is 19.7 Å². The molecule has 1 aliphatic rings. The summed E-state index contributed by atoms with van der Waals surface area (Å²) in [4.78, 5) is 8.83. The van der Waals surface area contributed by atoms with Gasteiger partial charge in [-0.25, -0.2) is 9.97 Å². The normalized spacial score (nSPS) is 17.5. The zero-order valence-electron chi connectivity index (χ0n) is 12.9. The van der Waals surface area contributed by atoms with E-state index in [9.17, 15) is 0 Å². The highest BCUT2D eigenvalue weighted by molar-refractivity contribution is 5.87. The number of fused-ring (bicyclic) bond motifs is 2.